The molecule has 0 saturated carbocycles. The number of hydrogen-bond donors (Lipinski definition) is 2. The molecule has 2 N–H and O–H groups in total. The molecule has 0 fully saturated rings. The molecule has 3 amide bonds. The molecule has 128 valence electrons. The van der Waals surface area contributed by atoms with Crippen LogP contribution in [0.4, 0.5) is 4.79 Å². The lowest BCUT2D eigenvalue weighted by atomic mass is 10.2. The third-order valence-corrected chi connectivity index (χ3v) is 2.94. The SMILES string of the molecule is CCCNC(=O)NC(=O)COC(=O)/C=C/c1ccc2c(c1)OCO2. The van der Waals surface area contributed by atoms with Gasteiger partial charge in [-0.05, 0) is 30.2 Å². The summed E-state index contributed by atoms with van der Waals surface area (Å²) in [6.07, 6.45) is 3.46. The summed E-state index contributed by atoms with van der Waals surface area (Å²) in [5, 5.41) is 4.52. The molecule has 1 aromatic rings. The molecule has 0 aromatic heterocycles. The molecular formula is C16H18N2O6. The molecule has 0 spiro atoms. The molecule has 8 heteroatoms. The molecule has 8 nitrogen and oxygen atoms in total. The van der Waals surface area contributed by atoms with Gasteiger partial charge < -0.3 is 19.5 Å². The predicted octanol–water partition coefficient (Wildman–Crippen LogP) is 1.21. The zero-order chi connectivity index (χ0) is 17.4. The van der Waals surface area contributed by atoms with E-state index in [0.717, 1.165) is 12.0 Å². The Kier molecular flexibility index (Phi) is 6.18. The van der Waals surface area contributed by atoms with Gasteiger partial charge in [0.2, 0.25) is 6.79 Å². The van der Waals surface area contributed by atoms with Crippen LogP contribution >= 0.6 is 0 Å². The molecule has 0 bridgehead atoms. The molecule has 2 rings (SSSR count). The molecule has 1 aromatic carbocycles. The van der Waals surface area contributed by atoms with Gasteiger partial charge in [0.15, 0.2) is 18.1 Å². The van der Waals surface area contributed by atoms with Crippen molar-refractivity contribution in [1.29, 1.82) is 0 Å². The first-order valence-corrected chi connectivity index (χ1v) is 7.40. The van der Waals surface area contributed by atoms with Gasteiger partial charge in [-0.1, -0.05) is 13.0 Å². The maximum atomic E-state index is 11.6. The van der Waals surface area contributed by atoms with Crippen LogP contribution in [-0.2, 0) is 14.3 Å². The summed E-state index contributed by atoms with van der Waals surface area (Å²) in [5.74, 6) is -0.152. The van der Waals surface area contributed by atoms with Crippen molar-refractivity contribution in [3.8, 4) is 11.5 Å². The largest absolute Gasteiger partial charge is 0.454 e. The standard InChI is InChI=1S/C16H18N2O6/c1-2-7-17-16(21)18-14(19)9-22-15(20)6-4-11-3-5-12-13(8-11)24-10-23-12/h3-6,8H,2,7,9-10H2,1H3,(H2,17,18,19,21)/b6-4+. The van der Waals surface area contributed by atoms with Crippen molar-refractivity contribution in [3.63, 3.8) is 0 Å². The fourth-order valence-corrected chi connectivity index (χ4v) is 1.81. The maximum Gasteiger partial charge on any atom is 0.331 e. The minimum atomic E-state index is -0.701. The van der Waals surface area contributed by atoms with E-state index in [4.69, 9.17) is 14.2 Å². The summed E-state index contributed by atoms with van der Waals surface area (Å²) in [4.78, 5) is 34.2. The van der Waals surface area contributed by atoms with Crippen LogP contribution in [0, 0.1) is 0 Å². The molecule has 24 heavy (non-hydrogen) atoms. The highest BCUT2D eigenvalue weighted by Gasteiger charge is 2.12. The Morgan fingerprint density at radius 3 is 2.83 bits per heavy atom. The highest BCUT2D eigenvalue weighted by molar-refractivity contribution is 5.96. The molecular weight excluding hydrogens is 316 g/mol. The number of hydrogen-bond acceptors (Lipinski definition) is 6. The lowest BCUT2D eigenvalue weighted by molar-refractivity contribution is -0.143. The van der Waals surface area contributed by atoms with E-state index in [0.29, 0.717) is 18.0 Å². The highest BCUT2D eigenvalue weighted by atomic mass is 16.7. The fourth-order valence-electron chi connectivity index (χ4n) is 1.81. The molecule has 0 atom stereocenters. The summed E-state index contributed by atoms with van der Waals surface area (Å²) in [5.41, 5.74) is 0.722. The molecule has 1 aliphatic heterocycles. The molecule has 0 aliphatic carbocycles. The van der Waals surface area contributed by atoms with Gasteiger partial charge in [-0.3, -0.25) is 10.1 Å². The van der Waals surface area contributed by atoms with Crippen LogP contribution in [0.5, 0.6) is 11.5 Å². The first-order chi connectivity index (χ1) is 11.6. The average Bonchev–Trinajstić information content (AvgIpc) is 3.04. The Balaban J connectivity index is 1.74. The van der Waals surface area contributed by atoms with Crippen LogP contribution < -0.4 is 20.1 Å². The highest BCUT2D eigenvalue weighted by Crippen LogP contribution is 2.32. The normalized spacial score (nSPS) is 12.0. The minimum Gasteiger partial charge on any atom is -0.454 e. The Bertz CT molecular complexity index is 656. The van der Waals surface area contributed by atoms with E-state index in [1.54, 1.807) is 18.2 Å². The van der Waals surface area contributed by atoms with Crippen LogP contribution in [0.2, 0.25) is 0 Å². The number of esters is 1. The number of imide groups is 1. The molecule has 1 heterocycles. The average molecular weight is 334 g/mol. The van der Waals surface area contributed by atoms with Gasteiger partial charge in [-0.2, -0.15) is 0 Å². The first-order valence-electron chi connectivity index (χ1n) is 7.40. The lowest BCUT2D eigenvalue weighted by Crippen LogP contribution is -2.41. The Labute approximate surface area is 138 Å². The summed E-state index contributed by atoms with van der Waals surface area (Å²) >= 11 is 0. The molecule has 0 radical (unpaired) electrons. The summed E-state index contributed by atoms with van der Waals surface area (Å²) in [6, 6.07) is 4.59. The van der Waals surface area contributed by atoms with Gasteiger partial charge in [-0.25, -0.2) is 9.59 Å². The van der Waals surface area contributed by atoms with E-state index in [2.05, 4.69) is 10.6 Å². The van der Waals surface area contributed by atoms with Gasteiger partial charge in [0.05, 0.1) is 0 Å². The van der Waals surface area contributed by atoms with Gasteiger partial charge in [0.25, 0.3) is 5.91 Å². The third-order valence-electron chi connectivity index (χ3n) is 2.94. The van der Waals surface area contributed by atoms with Crippen LogP contribution in [0.15, 0.2) is 24.3 Å². The monoisotopic (exact) mass is 334 g/mol. The number of amides is 3. The van der Waals surface area contributed by atoms with Crippen molar-refractivity contribution in [3.05, 3.63) is 29.8 Å². The van der Waals surface area contributed by atoms with E-state index in [1.165, 1.54) is 12.2 Å². The van der Waals surface area contributed by atoms with Crippen molar-refractivity contribution in [1.82, 2.24) is 10.6 Å². The van der Waals surface area contributed by atoms with Gasteiger partial charge >= 0.3 is 12.0 Å². The van der Waals surface area contributed by atoms with Crippen LogP contribution in [0.3, 0.4) is 0 Å². The zero-order valence-electron chi connectivity index (χ0n) is 13.2. The number of rotatable bonds is 6. The minimum absolute atomic E-state index is 0.172. The van der Waals surface area contributed by atoms with E-state index in [9.17, 15) is 14.4 Å². The fraction of sp³-hybridized carbons (Fsp3) is 0.312. The Morgan fingerprint density at radius 2 is 2.04 bits per heavy atom. The summed E-state index contributed by atoms with van der Waals surface area (Å²) in [7, 11) is 0. The van der Waals surface area contributed by atoms with Crippen LogP contribution in [-0.4, -0.2) is 37.9 Å². The van der Waals surface area contributed by atoms with Crippen LogP contribution in [0.1, 0.15) is 18.9 Å². The number of urea groups is 1. The van der Waals surface area contributed by atoms with Crippen molar-refractivity contribution < 1.29 is 28.6 Å². The molecule has 0 unspecified atom stereocenters. The molecule has 1 aliphatic rings. The van der Waals surface area contributed by atoms with E-state index >= 15 is 0 Å². The van der Waals surface area contributed by atoms with Crippen molar-refractivity contribution in [2.24, 2.45) is 0 Å². The van der Waals surface area contributed by atoms with Gasteiger partial charge in [0, 0.05) is 12.6 Å². The first kappa shape index (κ1) is 17.3. The predicted molar refractivity (Wildman–Crippen MR) is 84.4 cm³/mol. The maximum absolute atomic E-state index is 11.6. The van der Waals surface area contributed by atoms with Crippen molar-refractivity contribution in [2.45, 2.75) is 13.3 Å². The van der Waals surface area contributed by atoms with E-state index in [1.807, 2.05) is 6.92 Å². The van der Waals surface area contributed by atoms with Crippen LogP contribution in [0.25, 0.3) is 6.08 Å². The van der Waals surface area contributed by atoms with Crippen molar-refractivity contribution >= 4 is 24.0 Å². The quantitative estimate of drug-likeness (QED) is 0.599. The van der Waals surface area contributed by atoms with E-state index < -0.39 is 24.5 Å². The van der Waals surface area contributed by atoms with Gasteiger partial charge in [0.1, 0.15) is 0 Å². The second kappa shape index (κ2) is 8.56. The Morgan fingerprint density at radius 1 is 1.25 bits per heavy atom. The smallest absolute Gasteiger partial charge is 0.331 e. The van der Waals surface area contributed by atoms with E-state index in [-0.39, 0.29) is 6.79 Å². The Hall–Kier alpha value is -3.03. The third kappa shape index (κ3) is 5.31. The number of carbonyl (C=O) groups excluding carboxylic acids is 3. The molecule has 0 saturated heterocycles. The number of carbonyl (C=O) groups is 3. The zero-order valence-corrected chi connectivity index (χ0v) is 13.2. The second-order valence-corrected chi connectivity index (χ2v) is 4.86. The topological polar surface area (TPSA) is 103 Å². The van der Waals surface area contributed by atoms with Gasteiger partial charge in [-0.15, -0.1) is 0 Å². The number of fused-ring (bicyclic) bond motifs is 1. The van der Waals surface area contributed by atoms with Crippen molar-refractivity contribution in [2.75, 3.05) is 19.9 Å². The number of ether oxygens (including phenoxy) is 3. The second-order valence-electron chi connectivity index (χ2n) is 4.86. The summed E-state index contributed by atoms with van der Waals surface area (Å²) < 4.78 is 15.2. The number of nitrogens with one attached hydrogen (secondary N) is 2. The number of benzene rings is 1. The lowest BCUT2D eigenvalue weighted by Gasteiger charge is -2.05. The summed E-state index contributed by atoms with van der Waals surface area (Å²) in [6.45, 7) is 1.98.